The minimum atomic E-state index is -4.11. The molecule has 11 nitrogen and oxygen atoms in total. The number of hydrogen-bond donors (Lipinski definition) is 3. The summed E-state index contributed by atoms with van der Waals surface area (Å²) in [6, 6.07) is 10.4. The second-order valence-electron chi connectivity index (χ2n) is 7.12. The third kappa shape index (κ3) is 5.93. The lowest BCUT2D eigenvalue weighted by Gasteiger charge is -2.16. The van der Waals surface area contributed by atoms with Crippen LogP contribution in [0.3, 0.4) is 0 Å². The number of nitrogens with one attached hydrogen (secondary N) is 3. The fraction of sp³-hybridized carbons (Fsp3) is 0.263. The quantitative estimate of drug-likeness (QED) is 0.388. The maximum Gasteiger partial charge on any atom is 0.269 e. The molecule has 33 heavy (non-hydrogen) atoms. The summed E-state index contributed by atoms with van der Waals surface area (Å²) in [6.45, 7) is 2.91. The first-order chi connectivity index (χ1) is 15.5. The molecule has 2 aromatic carbocycles. The first-order valence-electron chi connectivity index (χ1n) is 9.63. The molecule has 14 heteroatoms. The minimum absolute atomic E-state index is 0.0374. The maximum absolute atomic E-state index is 13.2. The van der Waals surface area contributed by atoms with Crippen molar-refractivity contribution in [2.24, 2.45) is 0 Å². The number of tetrazole rings is 1. The minimum Gasteiger partial charge on any atom is -0.291 e. The van der Waals surface area contributed by atoms with Crippen LogP contribution in [-0.2, 0) is 31.1 Å². The average Bonchev–Trinajstić information content (AvgIpc) is 3.27. The van der Waals surface area contributed by atoms with E-state index in [0.29, 0.717) is 16.1 Å². The highest BCUT2D eigenvalue weighted by molar-refractivity contribution is 7.92. The Kier molecular flexibility index (Phi) is 7.47. The Labute approximate surface area is 195 Å². The van der Waals surface area contributed by atoms with Gasteiger partial charge >= 0.3 is 0 Å². The number of carbonyl (C=O) groups is 1. The number of aryl methyl sites for hydroxylation is 1. The Hall–Kier alpha value is -2.87. The molecule has 3 N–H and O–H groups in total. The summed E-state index contributed by atoms with van der Waals surface area (Å²) in [5.74, 6) is -0.976. The van der Waals surface area contributed by atoms with E-state index in [2.05, 4.69) is 30.7 Å². The molecule has 0 aliphatic carbocycles. The number of H-pyrrole nitrogens is 1. The molecule has 0 bridgehead atoms. The van der Waals surface area contributed by atoms with Gasteiger partial charge in [-0.05, 0) is 66.9 Å². The van der Waals surface area contributed by atoms with Crippen molar-refractivity contribution in [3.63, 3.8) is 0 Å². The summed E-state index contributed by atoms with van der Waals surface area (Å²) in [7, 11) is -7.91. The second kappa shape index (κ2) is 9.95. The van der Waals surface area contributed by atoms with Crippen LogP contribution in [0.2, 0.25) is 5.02 Å². The number of sulfonamides is 1. The SMILES string of the molecule is Cc1ccc(CCNS(=O)(=O)c2ccc(Cl)cc2)c(S(=O)(=O)C(C)C(=O)Nc2nn[nH]n2)c1. The molecule has 1 amide bonds. The summed E-state index contributed by atoms with van der Waals surface area (Å²) >= 11 is 5.79. The molecule has 0 saturated carbocycles. The van der Waals surface area contributed by atoms with Crippen molar-refractivity contribution in [1.82, 2.24) is 25.3 Å². The molecule has 3 aromatic rings. The fourth-order valence-corrected chi connectivity index (χ4v) is 5.67. The molecule has 1 heterocycles. The number of carbonyl (C=O) groups excluding carboxylic acids is 1. The fourth-order valence-electron chi connectivity index (χ4n) is 2.91. The van der Waals surface area contributed by atoms with Crippen LogP contribution < -0.4 is 10.0 Å². The van der Waals surface area contributed by atoms with Gasteiger partial charge in [0.05, 0.1) is 9.79 Å². The summed E-state index contributed by atoms with van der Waals surface area (Å²) in [6.07, 6.45) is 0.0842. The third-order valence-electron chi connectivity index (χ3n) is 4.75. The maximum atomic E-state index is 13.2. The summed E-state index contributed by atoms with van der Waals surface area (Å²) < 4.78 is 53.8. The second-order valence-corrected chi connectivity index (χ2v) is 11.6. The van der Waals surface area contributed by atoms with Crippen molar-refractivity contribution < 1.29 is 21.6 Å². The van der Waals surface area contributed by atoms with Gasteiger partial charge in [-0.15, -0.1) is 5.10 Å². The van der Waals surface area contributed by atoms with E-state index in [0.717, 1.165) is 0 Å². The van der Waals surface area contributed by atoms with Crippen LogP contribution in [0, 0.1) is 6.92 Å². The van der Waals surface area contributed by atoms with Gasteiger partial charge in [-0.25, -0.2) is 21.6 Å². The third-order valence-corrected chi connectivity index (χ3v) is 8.62. The Morgan fingerprint density at radius 3 is 2.45 bits per heavy atom. The summed E-state index contributed by atoms with van der Waals surface area (Å²) in [5, 5.41) is 13.8. The number of nitrogens with zero attached hydrogens (tertiary/aromatic N) is 3. The molecular formula is C19H21ClN6O5S2. The number of aromatic nitrogens is 4. The van der Waals surface area contributed by atoms with E-state index >= 15 is 0 Å². The molecule has 1 unspecified atom stereocenters. The molecule has 0 fully saturated rings. The van der Waals surface area contributed by atoms with Crippen molar-refractivity contribution in [3.8, 4) is 0 Å². The van der Waals surface area contributed by atoms with Gasteiger partial charge in [0, 0.05) is 11.6 Å². The average molecular weight is 513 g/mol. The number of sulfone groups is 1. The lowest BCUT2D eigenvalue weighted by atomic mass is 10.1. The van der Waals surface area contributed by atoms with Gasteiger partial charge in [-0.1, -0.05) is 28.8 Å². The molecular weight excluding hydrogens is 492 g/mol. The number of benzene rings is 2. The molecule has 0 saturated heterocycles. The topological polar surface area (TPSA) is 164 Å². The van der Waals surface area contributed by atoms with Gasteiger partial charge in [0.1, 0.15) is 5.25 Å². The van der Waals surface area contributed by atoms with E-state index in [1.165, 1.54) is 37.3 Å². The zero-order chi connectivity index (χ0) is 24.2. The highest BCUT2D eigenvalue weighted by atomic mass is 35.5. The molecule has 1 atom stereocenters. The van der Waals surface area contributed by atoms with E-state index in [4.69, 9.17) is 11.6 Å². The highest BCUT2D eigenvalue weighted by Crippen LogP contribution is 2.24. The van der Waals surface area contributed by atoms with Gasteiger partial charge in [-0.3, -0.25) is 10.1 Å². The smallest absolute Gasteiger partial charge is 0.269 e. The van der Waals surface area contributed by atoms with E-state index in [1.54, 1.807) is 19.1 Å². The highest BCUT2D eigenvalue weighted by Gasteiger charge is 2.32. The van der Waals surface area contributed by atoms with Crippen molar-refractivity contribution in [3.05, 3.63) is 58.6 Å². The Morgan fingerprint density at radius 2 is 1.82 bits per heavy atom. The predicted octanol–water partition coefficient (Wildman–Crippen LogP) is 1.48. The first-order valence-corrected chi connectivity index (χ1v) is 13.0. The number of halogens is 1. The van der Waals surface area contributed by atoms with Crippen molar-refractivity contribution in [2.45, 2.75) is 35.3 Å². The Balaban J connectivity index is 1.78. The molecule has 0 aliphatic rings. The van der Waals surface area contributed by atoms with Gasteiger partial charge in [-0.2, -0.15) is 5.21 Å². The molecule has 0 spiro atoms. The summed E-state index contributed by atoms with van der Waals surface area (Å²) in [5.41, 5.74) is 1.04. The van der Waals surface area contributed by atoms with Gasteiger partial charge in [0.2, 0.25) is 15.9 Å². The zero-order valence-corrected chi connectivity index (χ0v) is 20.0. The largest absolute Gasteiger partial charge is 0.291 e. The molecule has 0 aliphatic heterocycles. The monoisotopic (exact) mass is 512 g/mol. The first kappa shape index (κ1) is 24.8. The standard InChI is InChI=1S/C19H21ClN6O5S2/c1-12-3-4-14(9-10-21-33(30,31)16-7-5-15(20)6-8-16)17(11-12)32(28,29)13(2)18(27)22-19-23-25-26-24-19/h3-8,11,13,21H,9-10H2,1-2H3,(H2,22,23,24,25,26,27). The summed E-state index contributed by atoms with van der Waals surface area (Å²) in [4.78, 5) is 12.4. The van der Waals surface area contributed by atoms with Gasteiger partial charge in [0.15, 0.2) is 9.84 Å². The number of amides is 1. The van der Waals surface area contributed by atoms with Gasteiger partial charge in [0.25, 0.3) is 5.95 Å². The lowest BCUT2D eigenvalue weighted by Crippen LogP contribution is -2.34. The normalized spacial score (nSPS) is 12.9. The lowest BCUT2D eigenvalue weighted by molar-refractivity contribution is -0.115. The van der Waals surface area contributed by atoms with Gasteiger partial charge < -0.3 is 0 Å². The van der Waals surface area contributed by atoms with Crippen molar-refractivity contribution in [1.29, 1.82) is 0 Å². The molecule has 1 aromatic heterocycles. The van der Waals surface area contributed by atoms with Crippen molar-refractivity contribution in [2.75, 3.05) is 11.9 Å². The number of anilines is 1. The van der Waals surface area contributed by atoms with E-state index < -0.39 is 31.0 Å². The Bertz CT molecular complexity index is 1340. The van der Waals surface area contributed by atoms with Crippen LogP contribution in [-0.4, -0.2) is 55.2 Å². The Morgan fingerprint density at radius 1 is 1.12 bits per heavy atom. The predicted molar refractivity (Wildman–Crippen MR) is 121 cm³/mol. The number of hydrogen-bond acceptors (Lipinski definition) is 8. The molecule has 176 valence electrons. The molecule has 3 rings (SSSR count). The van der Waals surface area contributed by atoms with E-state index in [-0.39, 0.29) is 28.7 Å². The molecule has 0 radical (unpaired) electrons. The van der Waals surface area contributed by atoms with Crippen molar-refractivity contribution >= 4 is 43.3 Å². The van der Waals surface area contributed by atoms with Crippen LogP contribution in [0.25, 0.3) is 0 Å². The van der Waals surface area contributed by atoms with E-state index in [9.17, 15) is 21.6 Å². The van der Waals surface area contributed by atoms with Crippen LogP contribution in [0.4, 0.5) is 5.95 Å². The number of rotatable bonds is 9. The zero-order valence-electron chi connectivity index (χ0n) is 17.6. The van der Waals surface area contributed by atoms with Crippen LogP contribution >= 0.6 is 11.6 Å². The number of aromatic amines is 1. The van der Waals surface area contributed by atoms with Crippen LogP contribution in [0.1, 0.15) is 18.1 Å². The van der Waals surface area contributed by atoms with E-state index in [1.807, 2.05) is 0 Å². The van der Waals surface area contributed by atoms with Crippen LogP contribution in [0.15, 0.2) is 52.3 Å². The van der Waals surface area contributed by atoms with Crippen LogP contribution in [0.5, 0.6) is 0 Å².